The van der Waals surface area contributed by atoms with Gasteiger partial charge < -0.3 is 4.42 Å². The second-order valence-corrected chi connectivity index (χ2v) is 5.01. The summed E-state index contributed by atoms with van der Waals surface area (Å²) in [6.45, 7) is 1.56. The van der Waals surface area contributed by atoms with E-state index in [4.69, 9.17) is 4.42 Å². The molecule has 0 saturated carbocycles. The van der Waals surface area contributed by atoms with Crippen molar-refractivity contribution in [3.8, 4) is 0 Å². The molecule has 0 unspecified atom stereocenters. The van der Waals surface area contributed by atoms with Gasteiger partial charge in [0.1, 0.15) is 5.52 Å². The molecular formula is C9H9NO3S. The number of fused-ring (bicyclic) bond motifs is 1. The van der Waals surface area contributed by atoms with Crippen LogP contribution in [0.4, 0.5) is 0 Å². The molecule has 0 aliphatic rings. The number of nitrogens with zero attached hydrogens (tertiary/aromatic N) is 1. The molecule has 0 spiro atoms. The van der Waals surface area contributed by atoms with Crippen LogP contribution in [0, 0.1) is 0 Å². The molecule has 2 rings (SSSR count). The molecule has 1 aromatic carbocycles. The third-order valence-corrected chi connectivity index (χ3v) is 3.39. The monoisotopic (exact) mass is 211 g/mol. The van der Waals surface area contributed by atoms with Gasteiger partial charge in [-0.2, -0.15) is 4.98 Å². The third kappa shape index (κ3) is 1.39. The van der Waals surface area contributed by atoms with Crippen LogP contribution >= 0.6 is 0 Å². The van der Waals surface area contributed by atoms with Crippen LogP contribution in [0.3, 0.4) is 0 Å². The average molecular weight is 211 g/mol. The SMILES string of the molecule is CCS(=O)(=O)c1nc2ccccc2o1. The quantitative estimate of drug-likeness (QED) is 0.757. The van der Waals surface area contributed by atoms with Crippen LogP contribution in [0.15, 0.2) is 33.9 Å². The first-order valence-electron chi connectivity index (χ1n) is 4.22. The van der Waals surface area contributed by atoms with E-state index in [9.17, 15) is 8.42 Å². The molecule has 0 N–H and O–H groups in total. The number of benzene rings is 1. The molecule has 0 amide bonds. The van der Waals surface area contributed by atoms with Gasteiger partial charge in [0.05, 0.1) is 5.75 Å². The van der Waals surface area contributed by atoms with Gasteiger partial charge in [0, 0.05) is 0 Å². The number of aromatic nitrogens is 1. The zero-order valence-corrected chi connectivity index (χ0v) is 8.41. The minimum Gasteiger partial charge on any atom is -0.428 e. The fourth-order valence-corrected chi connectivity index (χ4v) is 1.81. The van der Waals surface area contributed by atoms with E-state index in [-0.39, 0.29) is 11.0 Å². The van der Waals surface area contributed by atoms with Crippen molar-refractivity contribution >= 4 is 20.9 Å². The van der Waals surface area contributed by atoms with Gasteiger partial charge in [-0.1, -0.05) is 19.1 Å². The maximum absolute atomic E-state index is 11.4. The fourth-order valence-electron chi connectivity index (χ4n) is 1.11. The van der Waals surface area contributed by atoms with E-state index in [2.05, 4.69) is 4.98 Å². The summed E-state index contributed by atoms with van der Waals surface area (Å²) < 4.78 is 28.0. The molecule has 2 aromatic rings. The van der Waals surface area contributed by atoms with Crippen molar-refractivity contribution in [1.29, 1.82) is 0 Å². The summed E-state index contributed by atoms with van der Waals surface area (Å²) in [5.41, 5.74) is 1.07. The summed E-state index contributed by atoms with van der Waals surface area (Å²) in [5, 5.41) is -0.193. The first-order valence-corrected chi connectivity index (χ1v) is 5.87. The van der Waals surface area contributed by atoms with E-state index in [0.717, 1.165) is 0 Å². The Morgan fingerprint density at radius 3 is 2.71 bits per heavy atom. The summed E-state index contributed by atoms with van der Waals surface area (Å²) in [4.78, 5) is 3.90. The summed E-state index contributed by atoms with van der Waals surface area (Å²) in [6, 6.07) is 6.97. The normalized spacial score (nSPS) is 12.1. The van der Waals surface area contributed by atoms with Crippen molar-refractivity contribution in [1.82, 2.24) is 4.98 Å². The molecule has 0 fully saturated rings. The molecule has 0 aliphatic heterocycles. The van der Waals surface area contributed by atoms with Crippen LogP contribution in [-0.4, -0.2) is 19.2 Å². The molecule has 1 aromatic heterocycles. The van der Waals surface area contributed by atoms with Crippen molar-refractivity contribution in [3.05, 3.63) is 24.3 Å². The zero-order chi connectivity index (χ0) is 10.2. The van der Waals surface area contributed by atoms with Crippen LogP contribution < -0.4 is 0 Å². The molecule has 1 heterocycles. The molecule has 4 nitrogen and oxygen atoms in total. The Balaban J connectivity index is 2.67. The lowest BCUT2D eigenvalue weighted by atomic mass is 10.3. The molecule has 0 atom stereocenters. The lowest BCUT2D eigenvalue weighted by Gasteiger charge is -1.90. The Labute approximate surface area is 81.5 Å². The highest BCUT2D eigenvalue weighted by molar-refractivity contribution is 7.91. The molecular weight excluding hydrogens is 202 g/mol. The number of hydrogen-bond donors (Lipinski definition) is 0. The highest BCUT2D eigenvalue weighted by atomic mass is 32.2. The Hall–Kier alpha value is -1.36. The third-order valence-electron chi connectivity index (χ3n) is 1.92. The number of hydrogen-bond acceptors (Lipinski definition) is 4. The average Bonchev–Trinajstić information content (AvgIpc) is 2.61. The molecule has 0 radical (unpaired) electrons. The highest BCUT2D eigenvalue weighted by Crippen LogP contribution is 2.18. The summed E-state index contributed by atoms with van der Waals surface area (Å²) in [6.07, 6.45) is 0. The van der Waals surface area contributed by atoms with Gasteiger partial charge in [-0.3, -0.25) is 0 Å². The van der Waals surface area contributed by atoms with E-state index in [1.807, 2.05) is 0 Å². The van der Waals surface area contributed by atoms with Gasteiger partial charge in [0.25, 0.3) is 0 Å². The van der Waals surface area contributed by atoms with Crippen molar-refractivity contribution in [2.24, 2.45) is 0 Å². The predicted molar refractivity (Wildman–Crippen MR) is 51.7 cm³/mol. The van der Waals surface area contributed by atoms with E-state index in [1.165, 1.54) is 0 Å². The van der Waals surface area contributed by atoms with Gasteiger partial charge in [-0.15, -0.1) is 0 Å². The summed E-state index contributed by atoms with van der Waals surface area (Å²) in [5.74, 6) is -0.000177. The molecule has 0 saturated heterocycles. The van der Waals surface area contributed by atoms with Crippen molar-refractivity contribution < 1.29 is 12.8 Å². The molecule has 14 heavy (non-hydrogen) atoms. The van der Waals surface area contributed by atoms with Gasteiger partial charge >= 0.3 is 5.22 Å². The molecule has 5 heteroatoms. The maximum atomic E-state index is 11.4. The summed E-state index contributed by atoms with van der Waals surface area (Å²) >= 11 is 0. The smallest absolute Gasteiger partial charge is 0.316 e. The highest BCUT2D eigenvalue weighted by Gasteiger charge is 2.18. The lowest BCUT2D eigenvalue weighted by molar-refractivity contribution is 0.459. The number of rotatable bonds is 2. The minimum atomic E-state index is -3.34. The Morgan fingerprint density at radius 2 is 2.07 bits per heavy atom. The molecule has 0 aliphatic carbocycles. The first-order chi connectivity index (χ1) is 6.63. The first kappa shape index (κ1) is 9.21. The zero-order valence-electron chi connectivity index (χ0n) is 7.60. The lowest BCUT2D eigenvalue weighted by Crippen LogP contribution is -2.03. The van der Waals surface area contributed by atoms with E-state index < -0.39 is 9.84 Å². The predicted octanol–water partition coefficient (Wildman–Crippen LogP) is 1.62. The van der Waals surface area contributed by atoms with Crippen LogP contribution in [0.2, 0.25) is 0 Å². The standard InChI is InChI=1S/C9H9NO3S/c1-2-14(11,12)9-10-7-5-3-4-6-8(7)13-9/h3-6H,2H2,1H3. The van der Waals surface area contributed by atoms with Gasteiger partial charge in [-0.25, -0.2) is 8.42 Å². The Morgan fingerprint density at radius 1 is 1.36 bits per heavy atom. The molecule has 74 valence electrons. The Bertz CT molecular complexity index is 523. The minimum absolute atomic E-state index is 0.000177. The van der Waals surface area contributed by atoms with E-state index in [0.29, 0.717) is 11.1 Å². The second kappa shape index (κ2) is 3.09. The van der Waals surface area contributed by atoms with Crippen LogP contribution in [-0.2, 0) is 9.84 Å². The molecule has 0 bridgehead atoms. The van der Waals surface area contributed by atoms with E-state index in [1.54, 1.807) is 31.2 Å². The number of para-hydroxylation sites is 2. The fraction of sp³-hybridized carbons (Fsp3) is 0.222. The number of sulfone groups is 1. The maximum Gasteiger partial charge on any atom is 0.316 e. The van der Waals surface area contributed by atoms with Crippen LogP contribution in [0.25, 0.3) is 11.1 Å². The largest absolute Gasteiger partial charge is 0.428 e. The topological polar surface area (TPSA) is 60.2 Å². The second-order valence-electron chi connectivity index (χ2n) is 2.85. The Kier molecular flexibility index (Phi) is 2.03. The number of oxazole rings is 1. The van der Waals surface area contributed by atoms with Crippen molar-refractivity contribution in [2.45, 2.75) is 12.1 Å². The van der Waals surface area contributed by atoms with Crippen LogP contribution in [0.1, 0.15) is 6.92 Å². The van der Waals surface area contributed by atoms with Gasteiger partial charge in [0.2, 0.25) is 9.84 Å². The van der Waals surface area contributed by atoms with E-state index >= 15 is 0 Å². The van der Waals surface area contributed by atoms with Gasteiger partial charge in [-0.05, 0) is 12.1 Å². The van der Waals surface area contributed by atoms with Gasteiger partial charge in [0.15, 0.2) is 5.58 Å². The van der Waals surface area contributed by atoms with Crippen LogP contribution in [0.5, 0.6) is 0 Å². The summed E-state index contributed by atoms with van der Waals surface area (Å²) in [7, 11) is -3.34. The van der Waals surface area contributed by atoms with Crippen molar-refractivity contribution in [2.75, 3.05) is 5.75 Å². The van der Waals surface area contributed by atoms with Crippen molar-refractivity contribution in [3.63, 3.8) is 0 Å².